The highest BCUT2D eigenvalue weighted by Crippen LogP contribution is 2.27. The summed E-state index contributed by atoms with van der Waals surface area (Å²) in [4.78, 5) is 14.2. The van der Waals surface area contributed by atoms with Crippen LogP contribution in [0.4, 0.5) is 22.0 Å². The maximum atomic E-state index is 13.1. The van der Waals surface area contributed by atoms with Crippen LogP contribution in [0.25, 0.3) is 0 Å². The van der Waals surface area contributed by atoms with Gasteiger partial charge in [0.05, 0.1) is 0 Å². The quantitative estimate of drug-likeness (QED) is 0.700. The first-order valence-corrected chi connectivity index (χ1v) is 11.2. The number of nitrogens with zero attached hydrogens (tertiary/aromatic N) is 4. The lowest BCUT2D eigenvalue weighted by molar-refractivity contribution is 0.444. The summed E-state index contributed by atoms with van der Waals surface area (Å²) in [6.45, 7) is 6.90. The average Bonchev–Trinajstić information content (AvgIpc) is 3.28. The predicted molar refractivity (Wildman–Crippen MR) is 124 cm³/mol. The smallest absolute Gasteiger partial charge is 0.232 e. The fourth-order valence-electron chi connectivity index (χ4n) is 4.08. The Bertz CT molecular complexity index is 868. The Balaban J connectivity index is 1.47. The van der Waals surface area contributed by atoms with E-state index in [0.29, 0.717) is 23.5 Å². The van der Waals surface area contributed by atoms with E-state index in [2.05, 4.69) is 33.4 Å². The van der Waals surface area contributed by atoms with Crippen LogP contribution in [0.1, 0.15) is 38.2 Å². The molecule has 0 spiro atoms. The van der Waals surface area contributed by atoms with Crippen molar-refractivity contribution in [3.05, 3.63) is 41.7 Å². The lowest BCUT2D eigenvalue weighted by Crippen LogP contribution is -2.35. The summed E-state index contributed by atoms with van der Waals surface area (Å²) in [5.74, 6) is 2.86. The van der Waals surface area contributed by atoms with E-state index in [4.69, 9.17) is 22.2 Å². The van der Waals surface area contributed by atoms with Gasteiger partial charge in [0.1, 0.15) is 17.5 Å². The molecule has 2 aliphatic heterocycles. The molecule has 2 aromatic rings. The molecule has 0 bridgehead atoms. The van der Waals surface area contributed by atoms with Gasteiger partial charge in [-0.1, -0.05) is 19.1 Å². The lowest BCUT2D eigenvalue weighted by atomic mass is 10.0. The van der Waals surface area contributed by atoms with Crippen LogP contribution in [0.2, 0.25) is 0 Å². The molecule has 30 heavy (non-hydrogen) atoms. The number of nitrogens with one attached hydrogen (secondary N) is 2. The molecule has 0 amide bonds. The molecule has 2 saturated heterocycles. The molecule has 2 N–H and O–H groups in total. The second-order valence-electron chi connectivity index (χ2n) is 8.23. The number of hydrogen-bond donors (Lipinski definition) is 2. The van der Waals surface area contributed by atoms with Crippen molar-refractivity contribution in [3.8, 4) is 0 Å². The minimum atomic E-state index is -0.244. The molecule has 2 fully saturated rings. The highest BCUT2D eigenvalue weighted by molar-refractivity contribution is 7.80. The van der Waals surface area contributed by atoms with Crippen molar-refractivity contribution in [2.45, 2.75) is 39.2 Å². The van der Waals surface area contributed by atoms with Crippen LogP contribution in [0.15, 0.2) is 30.3 Å². The number of aromatic nitrogens is 2. The fraction of sp³-hybridized carbons (Fsp3) is 0.500. The Labute approximate surface area is 182 Å². The van der Waals surface area contributed by atoms with Crippen LogP contribution in [0, 0.1) is 11.7 Å². The summed E-state index contributed by atoms with van der Waals surface area (Å²) in [7, 11) is 0. The van der Waals surface area contributed by atoms with Gasteiger partial charge in [-0.15, -0.1) is 0 Å². The van der Waals surface area contributed by atoms with Crippen LogP contribution >= 0.6 is 12.2 Å². The second kappa shape index (κ2) is 9.55. The Kier molecular flexibility index (Phi) is 6.62. The van der Waals surface area contributed by atoms with Crippen molar-refractivity contribution in [3.63, 3.8) is 0 Å². The summed E-state index contributed by atoms with van der Waals surface area (Å²) in [5.41, 5.74) is 0.954. The van der Waals surface area contributed by atoms with E-state index in [1.165, 1.54) is 37.8 Å². The zero-order chi connectivity index (χ0) is 20.9. The number of rotatable bonds is 5. The van der Waals surface area contributed by atoms with Crippen molar-refractivity contribution < 1.29 is 4.39 Å². The van der Waals surface area contributed by atoms with Gasteiger partial charge in [0.25, 0.3) is 0 Å². The monoisotopic (exact) mass is 428 g/mol. The van der Waals surface area contributed by atoms with Gasteiger partial charge >= 0.3 is 0 Å². The van der Waals surface area contributed by atoms with Gasteiger partial charge in [0.2, 0.25) is 5.95 Å². The summed E-state index contributed by atoms with van der Waals surface area (Å²) in [6, 6.07) is 8.49. The van der Waals surface area contributed by atoms with Crippen molar-refractivity contribution in [2.24, 2.45) is 5.92 Å². The minimum absolute atomic E-state index is 0.244. The first-order chi connectivity index (χ1) is 14.6. The average molecular weight is 429 g/mol. The molecule has 8 heteroatoms. The zero-order valence-electron chi connectivity index (χ0n) is 17.4. The second-order valence-corrected chi connectivity index (χ2v) is 8.64. The standard InChI is InChI=1S/C22H29FN6S/c1-16-5-4-12-29(15-16)20-13-19(28-10-2-3-11-28)25-21(26-20)27-22(30)24-14-17-6-8-18(23)9-7-17/h6-9,13,16H,2-5,10-12,14-15H2,1H3,(H2,24,25,26,27,30)/t16-/m0/s1. The number of hydrogen-bond acceptors (Lipinski definition) is 5. The Morgan fingerprint density at radius 2 is 1.73 bits per heavy atom. The minimum Gasteiger partial charge on any atom is -0.358 e. The Morgan fingerprint density at radius 1 is 1.07 bits per heavy atom. The predicted octanol–water partition coefficient (Wildman–Crippen LogP) is 3.94. The molecule has 1 aromatic carbocycles. The largest absolute Gasteiger partial charge is 0.358 e. The number of thiocarbonyl (C=S) groups is 1. The first-order valence-electron chi connectivity index (χ1n) is 10.7. The van der Waals surface area contributed by atoms with E-state index in [0.717, 1.165) is 43.4 Å². The van der Waals surface area contributed by atoms with Gasteiger partial charge in [0.15, 0.2) is 5.11 Å². The number of halogens is 1. The van der Waals surface area contributed by atoms with Crippen molar-refractivity contribution in [2.75, 3.05) is 41.3 Å². The molecule has 160 valence electrons. The molecule has 3 heterocycles. The van der Waals surface area contributed by atoms with Crippen molar-refractivity contribution in [1.29, 1.82) is 0 Å². The van der Waals surface area contributed by atoms with Crippen molar-refractivity contribution >= 4 is 34.9 Å². The van der Waals surface area contributed by atoms with Crippen molar-refractivity contribution in [1.82, 2.24) is 15.3 Å². The van der Waals surface area contributed by atoms with Gasteiger partial charge in [-0.25, -0.2) is 4.39 Å². The maximum Gasteiger partial charge on any atom is 0.232 e. The van der Waals surface area contributed by atoms with Gasteiger partial charge < -0.3 is 20.4 Å². The molecule has 0 radical (unpaired) electrons. The van der Waals surface area contributed by atoms with Crippen LogP contribution in [0.5, 0.6) is 0 Å². The van der Waals surface area contributed by atoms with E-state index in [1.54, 1.807) is 12.1 Å². The Hall–Kier alpha value is -2.48. The molecule has 0 unspecified atom stereocenters. The molecule has 1 atom stereocenters. The molecule has 0 aliphatic carbocycles. The summed E-state index contributed by atoms with van der Waals surface area (Å²) in [5, 5.41) is 6.76. The summed E-state index contributed by atoms with van der Waals surface area (Å²) >= 11 is 5.45. The van der Waals surface area contributed by atoms with Gasteiger partial charge in [0, 0.05) is 38.8 Å². The third-order valence-corrected chi connectivity index (χ3v) is 5.95. The Morgan fingerprint density at radius 3 is 2.43 bits per heavy atom. The normalized spacial score (nSPS) is 19.1. The molecule has 1 aromatic heterocycles. The molecular formula is C22H29FN6S. The SMILES string of the molecule is C[C@H]1CCCN(c2cc(N3CCCC3)nc(NC(=S)NCc3ccc(F)cc3)n2)C1. The maximum absolute atomic E-state index is 13.1. The molecule has 4 rings (SSSR count). The molecule has 2 aliphatic rings. The third-order valence-electron chi connectivity index (χ3n) is 5.70. The number of anilines is 3. The highest BCUT2D eigenvalue weighted by atomic mass is 32.1. The summed E-state index contributed by atoms with van der Waals surface area (Å²) in [6.07, 6.45) is 4.84. The van der Waals surface area contributed by atoms with E-state index < -0.39 is 0 Å². The van der Waals surface area contributed by atoms with Gasteiger partial charge in [-0.2, -0.15) is 9.97 Å². The topological polar surface area (TPSA) is 56.3 Å². The zero-order valence-corrected chi connectivity index (χ0v) is 18.2. The van der Waals surface area contributed by atoms with Gasteiger partial charge in [-0.3, -0.25) is 0 Å². The molecule has 6 nitrogen and oxygen atoms in total. The van der Waals surface area contributed by atoms with E-state index in [9.17, 15) is 4.39 Å². The summed E-state index contributed by atoms with van der Waals surface area (Å²) < 4.78 is 13.1. The highest BCUT2D eigenvalue weighted by Gasteiger charge is 2.22. The van der Waals surface area contributed by atoms with E-state index in [1.807, 2.05) is 0 Å². The van der Waals surface area contributed by atoms with Crippen LogP contribution in [0.3, 0.4) is 0 Å². The molecule has 0 saturated carbocycles. The third kappa shape index (κ3) is 5.36. The van der Waals surface area contributed by atoms with E-state index >= 15 is 0 Å². The van der Waals surface area contributed by atoms with E-state index in [-0.39, 0.29) is 5.82 Å². The lowest BCUT2D eigenvalue weighted by Gasteiger charge is -2.32. The van der Waals surface area contributed by atoms with Crippen LogP contribution in [-0.2, 0) is 6.54 Å². The van der Waals surface area contributed by atoms with Crippen LogP contribution in [-0.4, -0.2) is 41.3 Å². The van der Waals surface area contributed by atoms with Gasteiger partial charge in [-0.05, 0) is 61.5 Å². The van der Waals surface area contributed by atoms with Crippen LogP contribution < -0.4 is 20.4 Å². The fourth-order valence-corrected chi connectivity index (χ4v) is 4.24. The molecular weight excluding hydrogens is 399 g/mol. The first kappa shape index (κ1) is 20.8. The number of benzene rings is 1. The number of piperidine rings is 1.